The van der Waals surface area contributed by atoms with Gasteiger partial charge in [0, 0.05) is 9.75 Å². The van der Waals surface area contributed by atoms with Crippen LogP contribution in [0.15, 0.2) is 18.7 Å². The van der Waals surface area contributed by atoms with E-state index in [1.807, 2.05) is 17.4 Å². The van der Waals surface area contributed by atoms with Gasteiger partial charge in [-0.05, 0) is 37.3 Å². The van der Waals surface area contributed by atoms with Gasteiger partial charge in [0.05, 0.1) is 0 Å². The average molecular weight is 305 g/mol. The van der Waals surface area contributed by atoms with Crippen LogP contribution in [0.25, 0.3) is 12.2 Å². The lowest BCUT2D eigenvalue weighted by Gasteiger charge is -2.03. The first kappa shape index (κ1) is 18.2. The molecule has 0 fully saturated rings. The van der Waals surface area contributed by atoms with Crippen molar-refractivity contribution in [3.05, 3.63) is 34.0 Å². The number of rotatable bonds is 11. The van der Waals surface area contributed by atoms with Gasteiger partial charge in [0.1, 0.15) is 0 Å². The van der Waals surface area contributed by atoms with E-state index >= 15 is 0 Å². The SMILES string of the molecule is C=Cc1sc(C)cc1/C=C\CCCCCCCCC(C)C. The molecule has 1 heterocycles. The van der Waals surface area contributed by atoms with Crippen LogP contribution < -0.4 is 0 Å². The summed E-state index contributed by atoms with van der Waals surface area (Å²) in [5.41, 5.74) is 1.33. The van der Waals surface area contributed by atoms with Gasteiger partial charge in [-0.3, -0.25) is 0 Å². The van der Waals surface area contributed by atoms with E-state index in [2.05, 4.69) is 45.6 Å². The lowest BCUT2D eigenvalue weighted by atomic mass is 10.0. The number of allylic oxidation sites excluding steroid dienone is 1. The second-order valence-electron chi connectivity index (χ2n) is 6.38. The first-order valence-corrected chi connectivity index (χ1v) is 9.34. The van der Waals surface area contributed by atoms with Crippen molar-refractivity contribution in [2.24, 2.45) is 5.92 Å². The van der Waals surface area contributed by atoms with Gasteiger partial charge >= 0.3 is 0 Å². The fourth-order valence-electron chi connectivity index (χ4n) is 2.57. The quantitative estimate of drug-likeness (QED) is 0.371. The second kappa shape index (κ2) is 10.8. The molecule has 1 rings (SSSR count). The minimum Gasteiger partial charge on any atom is -0.141 e. The largest absolute Gasteiger partial charge is 0.141 e. The lowest BCUT2D eigenvalue weighted by molar-refractivity contribution is 0.512. The van der Waals surface area contributed by atoms with Gasteiger partial charge in [-0.15, -0.1) is 11.3 Å². The zero-order chi connectivity index (χ0) is 15.5. The van der Waals surface area contributed by atoms with E-state index in [0.717, 1.165) is 5.92 Å². The van der Waals surface area contributed by atoms with E-state index in [0.29, 0.717) is 0 Å². The Bertz CT molecular complexity index is 423. The van der Waals surface area contributed by atoms with E-state index in [1.54, 1.807) is 0 Å². The number of hydrogen-bond donors (Lipinski definition) is 0. The molecule has 0 saturated heterocycles. The highest BCUT2D eigenvalue weighted by atomic mass is 32.1. The summed E-state index contributed by atoms with van der Waals surface area (Å²) in [5.74, 6) is 0.872. The molecule has 0 spiro atoms. The minimum absolute atomic E-state index is 0.872. The number of aryl methyl sites for hydroxylation is 1. The summed E-state index contributed by atoms with van der Waals surface area (Å²) in [4.78, 5) is 2.67. The zero-order valence-electron chi connectivity index (χ0n) is 14.2. The Morgan fingerprint density at radius 3 is 2.43 bits per heavy atom. The first-order valence-electron chi connectivity index (χ1n) is 8.53. The number of hydrogen-bond acceptors (Lipinski definition) is 1. The van der Waals surface area contributed by atoms with Crippen molar-refractivity contribution in [3.8, 4) is 0 Å². The molecule has 0 nitrogen and oxygen atoms in total. The molecule has 0 radical (unpaired) electrons. The highest BCUT2D eigenvalue weighted by Gasteiger charge is 1.99. The third kappa shape index (κ3) is 8.26. The highest BCUT2D eigenvalue weighted by molar-refractivity contribution is 7.13. The maximum absolute atomic E-state index is 3.89. The molecule has 0 N–H and O–H groups in total. The van der Waals surface area contributed by atoms with Gasteiger partial charge in [-0.1, -0.05) is 77.2 Å². The molecule has 0 unspecified atom stereocenters. The monoisotopic (exact) mass is 304 g/mol. The third-order valence-corrected chi connectivity index (χ3v) is 4.86. The predicted octanol–water partition coefficient (Wildman–Crippen LogP) is 7.49. The number of unbranched alkanes of at least 4 members (excludes halogenated alkanes) is 6. The van der Waals surface area contributed by atoms with E-state index in [1.165, 1.54) is 66.7 Å². The summed E-state index contributed by atoms with van der Waals surface area (Å²) in [6.07, 6.45) is 17.5. The maximum Gasteiger partial charge on any atom is 0.0339 e. The summed E-state index contributed by atoms with van der Waals surface area (Å²) >= 11 is 1.83. The van der Waals surface area contributed by atoms with Gasteiger partial charge in [-0.25, -0.2) is 0 Å². The van der Waals surface area contributed by atoms with Gasteiger partial charge < -0.3 is 0 Å². The molecule has 0 aliphatic carbocycles. The Morgan fingerprint density at radius 1 is 1.10 bits per heavy atom. The Balaban J connectivity index is 2.06. The van der Waals surface area contributed by atoms with Crippen molar-refractivity contribution in [1.82, 2.24) is 0 Å². The van der Waals surface area contributed by atoms with Crippen LogP contribution in [0.4, 0.5) is 0 Å². The highest BCUT2D eigenvalue weighted by Crippen LogP contribution is 2.24. The van der Waals surface area contributed by atoms with Crippen LogP contribution in [0.3, 0.4) is 0 Å². The van der Waals surface area contributed by atoms with Crippen LogP contribution in [-0.4, -0.2) is 0 Å². The molecule has 0 saturated carbocycles. The standard InChI is InChI=1S/C20H32S/c1-5-20-19(16-18(4)21-20)15-13-11-9-7-6-8-10-12-14-17(2)3/h5,13,15-17H,1,6-12,14H2,2-4H3/b15-13-. The number of thiophene rings is 1. The molecule has 0 aliphatic heterocycles. The van der Waals surface area contributed by atoms with E-state index < -0.39 is 0 Å². The molecule has 0 atom stereocenters. The Hall–Kier alpha value is -0.820. The molecule has 0 aromatic carbocycles. The summed E-state index contributed by atoms with van der Waals surface area (Å²) in [6, 6.07) is 2.26. The first-order chi connectivity index (χ1) is 10.1. The Kier molecular flexibility index (Phi) is 9.41. The van der Waals surface area contributed by atoms with Crippen LogP contribution in [0.5, 0.6) is 0 Å². The summed E-state index contributed by atoms with van der Waals surface area (Å²) in [6.45, 7) is 10.7. The van der Waals surface area contributed by atoms with Crippen LogP contribution in [0, 0.1) is 12.8 Å². The van der Waals surface area contributed by atoms with Crippen molar-refractivity contribution in [2.75, 3.05) is 0 Å². The molecule has 1 aromatic rings. The van der Waals surface area contributed by atoms with Crippen LogP contribution in [-0.2, 0) is 0 Å². The van der Waals surface area contributed by atoms with E-state index in [4.69, 9.17) is 0 Å². The van der Waals surface area contributed by atoms with Gasteiger partial charge in [-0.2, -0.15) is 0 Å². The summed E-state index contributed by atoms with van der Waals surface area (Å²) in [7, 11) is 0. The third-order valence-electron chi connectivity index (χ3n) is 3.80. The van der Waals surface area contributed by atoms with Crippen LogP contribution in [0.2, 0.25) is 0 Å². The van der Waals surface area contributed by atoms with E-state index in [9.17, 15) is 0 Å². The fraction of sp³-hybridized carbons (Fsp3) is 0.600. The van der Waals surface area contributed by atoms with Gasteiger partial charge in [0.15, 0.2) is 0 Å². The summed E-state index contributed by atoms with van der Waals surface area (Å²) in [5, 5.41) is 0. The van der Waals surface area contributed by atoms with Crippen molar-refractivity contribution in [1.29, 1.82) is 0 Å². The van der Waals surface area contributed by atoms with Crippen LogP contribution in [0.1, 0.15) is 80.5 Å². The normalized spacial score (nSPS) is 11.6. The molecule has 118 valence electrons. The molecule has 0 amide bonds. The Morgan fingerprint density at radius 2 is 1.76 bits per heavy atom. The van der Waals surface area contributed by atoms with Crippen LogP contribution >= 0.6 is 11.3 Å². The molecular formula is C20H32S. The molecule has 21 heavy (non-hydrogen) atoms. The molecular weight excluding hydrogens is 272 g/mol. The lowest BCUT2D eigenvalue weighted by Crippen LogP contribution is -1.87. The van der Waals surface area contributed by atoms with Crippen molar-refractivity contribution >= 4 is 23.5 Å². The van der Waals surface area contributed by atoms with Crippen molar-refractivity contribution in [2.45, 2.75) is 72.1 Å². The zero-order valence-corrected chi connectivity index (χ0v) is 15.0. The maximum atomic E-state index is 3.89. The fourth-order valence-corrected chi connectivity index (χ4v) is 3.43. The van der Waals surface area contributed by atoms with Gasteiger partial charge in [0.2, 0.25) is 0 Å². The van der Waals surface area contributed by atoms with E-state index in [-0.39, 0.29) is 0 Å². The predicted molar refractivity (Wildman–Crippen MR) is 100.0 cm³/mol. The van der Waals surface area contributed by atoms with Crippen molar-refractivity contribution < 1.29 is 0 Å². The minimum atomic E-state index is 0.872. The molecule has 0 aliphatic rings. The molecule has 1 heteroatoms. The van der Waals surface area contributed by atoms with Crippen molar-refractivity contribution in [3.63, 3.8) is 0 Å². The Labute approximate surface area is 136 Å². The molecule has 0 bridgehead atoms. The summed E-state index contributed by atoms with van der Waals surface area (Å²) < 4.78 is 0. The average Bonchev–Trinajstić information content (AvgIpc) is 2.80. The van der Waals surface area contributed by atoms with Gasteiger partial charge in [0.25, 0.3) is 0 Å². The molecule has 1 aromatic heterocycles. The second-order valence-corrected chi connectivity index (χ2v) is 7.66. The smallest absolute Gasteiger partial charge is 0.0339 e. The topological polar surface area (TPSA) is 0 Å².